The average Bonchev–Trinajstić information content (AvgIpc) is 3.20. The van der Waals surface area contributed by atoms with E-state index < -0.39 is 26.8 Å². The van der Waals surface area contributed by atoms with Crippen LogP contribution in [-0.4, -0.2) is 44.7 Å². The maximum Gasteiger partial charge on any atom is 0.335 e. The van der Waals surface area contributed by atoms with Crippen LogP contribution in [0.2, 0.25) is 5.02 Å². The number of amides is 1. The van der Waals surface area contributed by atoms with Gasteiger partial charge in [-0.05, 0) is 43.2 Å². The topological polar surface area (TPSA) is 122 Å². The monoisotopic (exact) mass is 438 g/mol. The third-order valence-electron chi connectivity index (χ3n) is 4.40. The Morgan fingerprint density at radius 3 is 2.66 bits per heavy atom. The minimum atomic E-state index is -4.24. The summed E-state index contributed by atoms with van der Waals surface area (Å²) in [6, 6.07) is 9.47. The number of carboxylic acid groups (broad SMARTS) is 1. The zero-order chi connectivity index (χ0) is 21.0. The van der Waals surface area contributed by atoms with Crippen molar-refractivity contribution in [3.05, 3.63) is 58.6 Å². The molecular formula is C19H19ClN2O6S. The van der Waals surface area contributed by atoms with E-state index in [1.54, 1.807) is 12.1 Å². The van der Waals surface area contributed by atoms with E-state index in [0.29, 0.717) is 13.2 Å². The van der Waals surface area contributed by atoms with Gasteiger partial charge in [0.25, 0.3) is 15.9 Å². The number of rotatable bonds is 7. The lowest BCUT2D eigenvalue weighted by atomic mass is 10.1. The number of carbonyl (C=O) groups is 2. The van der Waals surface area contributed by atoms with Crippen LogP contribution < -0.4 is 10.0 Å². The molecule has 10 heteroatoms. The van der Waals surface area contributed by atoms with Crippen molar-refractivity contribution in [1.29, 1.82) is 0 Å². The summed E-state index contributed by atoms with van der Waals surface area (Å²) >= 11 is 5.97. The summed E-state index contributed by atoms with van der Waals surface area (Å²) in [5.74, 6) is -1.74. The normalized spacial score (nSPS) is 16.4. The zero-order valence-electron chi connectivity index (χ0n) is 15.2. The van der Waals surface area contributed by atoms with Crippen LogP contribution in [0.3, 0.4) is 0 Å². The van der Waals surface area contributed by atoms with E-state index in [0.717, 1.165) is 18.9 Å². The molecule has 0 radical (unpaired) electrons. The number of benzene rings is 2. The van der Waals surface area contributed by atoms with Crippen molar-refractivity contribution in [3.8, 4) is 0 Å². The first-order valence-corrected chi connectivity index (χ1v) is 10.7. The predicted molar refractivity (Wildman–Crippen MR) is 107 cm³/mol. The van der Waals surface area contributed by atoms with E-state index in [4.69, 9.17) is 21.4 Å². The van der Waals surface area contributed by atoms with Gasteiger partial charge in [-0.25, -0.2) is 13.2 Å². The molecular weight excluding hydrogens is 420 g/mol. The molecule has 1 atom stereocenters. The first kappa shape index (κ1) is 21.1. The fourth-order valence-corrected chi connectivity index (χ4v) is 4.53. The Hall–Kier alpha value is -2.62. The van der Waals surface area contributed by atoms with Crippen molar-refractivity contribution < 1.29 is 27.9 Å². The van der Waals surface area contributed by atoms with Crippen molar-refractivity contribution in [1.82, 2.24) is 5.32 Å². The lowest BCUT2D eigenvalue weighted by molar-refractivity contribution is 0.0696. The molecule has 1 fully saturated rings. The first-order chi connectivity index (χ1) is 13.8. The third-order valence-corrected chi connectivity index (χ3v) is 6.25. The Labute approximate surface area is 172 Å². The summed E-state index contributed by atoms with van der Waals surface area (Å²) < 4.78 is 33.4. The summed E-state index contributed by atoms with van der Waals surface area (Å²) in [5.41, 5.74) is -0.0499. The predicted octanol–water partition coefficient (Wildman–Crippen LogP) is 2.75. The Kier molecular flexibility index (Phi) is 6.41. The van der Waals surface area contributed by atoms with E-state index in [1.807, 2.05) is 0 Å². The molecule has 8 nitrogen and oxygen atoms in total. The largest absolute Gasteiger partial charge is 0.478 e. The lowest BCUT2D eigenvalue weighted by Gasteiger charge is -2.15. The van der Waals surface area contributed by atoms with E-state index >= 15 is 0 Å². The van der Waals surface area contributed by atoms with Crippen LogP contribution in [0.25, 0.3) is 0 Å². The molecule has 3 N–H and O–H groups in total. The molecule has 1 unspecified atom stereocenters. The standard InChI is InChI=1S/C19H19ClN2O6S/c20-15-8-7-12(19(24)25)10-17(15)29(26,27)22-16-6-2-1-5-14(16)18(23)21-11-13-4-3-9-28-13/h1-2,5-8,10,13,22H,3-4,9,11H2,(H,21,23)(H,24,25). The Morgan fingerprint density at radius 1 is 1.21 bits per heavy atom. The van der Waals surface area contributed by atoms with Gasteiger partial charge in [0.1, 0.15) is 4.90 Å². The van der Waals surface area contributed by atoms with Gasteiger partial charge in [-0.1, -0.05) is 23.7 Å². The number of nitrogens with one attached hydrogen (secondary N) is 2. The molecule has 3 rings (SSSR count). The summed E-state index contributed by atoms with van der Waals surface area (Å²) in [5, 5.41) is 11.7. The first-order valence-electron chi connectivity index (χ1n) is 8.82. The van der Waals surface area contributed by atoms with Gasteiger partial charge in [-0.3, -0.25) is 9.52 Å². The van der Waals surface area contributed by atoms with Gasteiger partial charge in [0, 0.05) is 13.2 Å². The van der Waals surface area contributed by atoms with Gasteiger partial charge in [0.15, 0.2) is 0 Å². The summed E-state index contributed by atoms with van der Waals surface area (Å²) in [4.78, 5) is 23.3. The van der Waals surface area contributed by atoms with Crippen molar-refractivity contribution in [3.63, 3.8) is 0 Å². The Morgan fingerprint density at radius 2 is 1.97 bits per heavy atom. The Balaban J connectivity index is 1.83. The fraction of sp³-hybridized carbons (Fsp3) is 0.263. The molecule has 1 saturated heterocycles. The van der Waals surface area contributed by atoms with E-state index in [1.165, 1.54) is 24.3 Å². The van der Waals surface area contributed by atoms with Crippen LogP contribution in [0.15, 0.2) is 47.4 Å². The van der Waals surface area contributed by atoms with E-state index in [2.05, 4.69) is 10.0 Å². The molecule has 1 amide bonds. The van der Waals surface area contributed by atoms with Gasteiger partial charge in [-0.15, -0.1) is 0 Å². The van der Waals surface area contributed by atoms with Crippen LogP contribution in [0, 0.1) is 0 Å². The maximum absolute atomic E-state index is 12.8. The quantitative estimate of drug-likeness (QED) is 0.611. The van der Waals surface area contributed by atoms with E-state index in [9.17, 15) is 18.0 Å². The molecule has 0 spiro atoms. The number of carboxylic acids is 1. The number of halogens is 1. The molecule has 2 aromatic carbocycles. The number of carbonyl (C=O) groups excluding carboxylic acids is 1. The molecule has 0 aliphatic carbocycles. The maximum atomic E-state index is 12.8. The van der Waals surface area contributed by atoms with Crippen molar-refractivity contribution in [2.45, 2.75) is 23.8 Å². The van der Waals surface area contributed by atoms with Gasteiger partial charge in [0.05, 0.1) is 27.9 Å². The number of anilines is 1. The number of hydrogen-bond acceptors (Lipinski definition) is 5. The highest BCUT2D eigenvalue weighted by Crippen LogP contribution is 2.26. The highest BCUT2D eigenvalue weighted by Gasteiger charge is 2.23. The minimum absolute atomic E-state index is 0.0501. The molecule has 0 aromatic heterocycles. The number of ether oxygens (including phenoxy) is 1. The highest BCUT2D eigenvalue weighted by atomic mass is 35.5. The van der Waals surface area contributed by atoms with Gasteiger partial charge in [0.2, 0.25) is 0 Å². The second-order valence-electron chi connectivity index (χ2n) is 6.45. The molecule has 1 aliphatic rings. The van der Waals surface area contributed by atoms with Crippen LogP contribution >= 0.6 is 11.6 Å². The second-order valence-corrected chi connectivity index (χ2v) is 8.50. The summed E-state index contributed by atoms with van der Waals surface area (Å²) in [6.45, 7) is 0.986. The van der Waals surface area contributed by atoms with Gasteiger partial charge in [-0.2, -0.15) is 0 Å². The van der Waals surface area contributed by atoms with Crippen LogP contribution in [0.1, 0.15) is 33.6 Å². The average molecular weight is 439 g/mol. The zero-order valence-corrected chi connectivity index (χ0v) is 16.8. The van der Waals surface area contributed by atoms with Crippen molar-refractivity contribution >= 4 is 39.2 Å². The van der Waals surface area contributed by atoms with Crippen molar-refractivity contribution in [2.75, 3.05) is 17.9 Å². The van der Waals surface area contributed by atoms with Gasteiger partial charge >= 0.3 is 5.97 Å². The number of hydrogen-bond donors (Lipinski definition) is 3. The second kappa shape index (κ2) is 8.81. The molecule has 1 heterocycles. The van der Waals surface area contributed by atoms with Crippen molar-refractivity contribution in [2.24, 2.45) is 0 Å². The summed E-state index contributed by atoms with van der Waals surface area (Å²) in [6.07, 6.45) is 1.74. The minimum Gasteiger partial charge on any atom is -0.478 e. The highest BCUT2D eigenvalue weighted by molar-refractivity contribution is 7.92. The molecule has 0 saturated carbocycles. The molecule has 154 valence electrons. The molecule has 0 bridgehead atoms. The fourth-order valence-electron chi connectivity index (χ4n) is 2.92. The van der Waals surface area contributed by atoms with Crippen LogP contribution in [0.4, 0.5) is 5.69 Å². The molecule has 1 aliphatic heterocycles. The summed E-state index contributed by atoms with van der Waals surface area (Å²) in [7, 11) is -4.24. The van der Waals surface area contributed by atoms with Crippen LogP contribution in [-0.2, 0) is 14.8 Å². The number of sulfonamides is 1. The smallest absolute Gasteiger partial charge is 0.335 e. The van der Waals surface area contributed by atoms with Crippen LogP contribution in [0.5, 0.6) is 0 Å². The third kappa shape index (κ3) is 5.06. The SMILES string of the molecule is O=C(O)c1ccc(Cl)c(S(=O)(=O)Nc2ccccc2C(=O)NCC2CCCO2)c1. The number of aromatic carboxylic acids is 1. The Bertz CT molecular complexity index is 1030. The molecule has 2 aromatic rings. The molecule has 29 heavy (non-hydrogen) atoms. The number of para-hydroxylation sites is 1. The lowest BCUT2D eigenvalue weighted by Crippen LogP contribution is -2.32. The van der Waals surface area contributed by atoms with E-state index in [-0.39, 0.29) is 27.9 Å². The van der Waals surface area contributed by atoms with Gasteiger partial charge < -0.3 is 15.2 Å².